The van der Waals surface area contributed by atoms with E-state index in [1.807, 2.05) is 0 Å². The van der Waals surface area contributed by atoms with Crippen LogP contribution in [0.15, 0.2) is 0 Å². The minimum atomic E-state index is 0.260. The Labute approximate surface area is 132 Å². The maximum atomic E-state index is 3.75. The summed E-state index contributed by atoms with van der Waals surface area (Å²) in [5.74, 6) is 4.46. The molecule has 2 unspecified atom stereocenters. The van der Waals surface area contributed by atoms with E-state index in [0.717, 1.165) is 11.8 Å². The fraction of sp³-hybridized carbons (Fsp3) is 1.00. The van der Waals surface area contributed by atoms with E-state index >= 15 is 0 Å². The van der Waals surface area contributed by atoms with Crippen LogP contribution in [-0.2, 0) is 0 Å². The minimum absolute atomic E-state index is 0.260. The van der Waals surface area contributed by atoms with Gasteiger partial charge in [-0.15, -0.1) is 0 Å². The first-order valence-corrected chi connectivity index (χ1v) is 9.72. The number of thioether (sulfide) groups is 1. The first-order valence-electron chi connectivity index (χ1n) is 8.56. The number of hydrogen-bond donors (Lipinski definition) is 1. The Balaban J connectivity index is 2.47. The van der Waals surface area contributed by atoms with Gasteiger partial charge in [-0.2, -0.15) is 11.8 Å². The van der Waals surface area contributed by atoms with Gasteiger partial charge in [-0.1, -0.05) is 20.8 Å². The van der Waals surface area contributed by atoms with E-state index in [0.29, 0.717) is 5.41 Å². The van der Waals surface area contributed by atoms with Gasteiger partial charge in [0.15, 0.2) is 0 Å². The quantitative estimate of drug-likeness (QED) is 0.636. The van der Waals surface area contributed by atoms with Gasteiger partial charge in [0, 0.05) is 5.54 Å². The number of hydrogen-bond acceptors (Lipinski definition) is 2. The molecule has 0 heterocycles. The minimum Gasteiger partial charge on any atom is -0.312 e. The highest BCUT2D eigenvalue weighted by Gasteiger charge is 2.34. The molecule has 0 amide bonds. The molecule has 0 aliphatic heterocycles. The highest BCUT2D eigenvalue weighted by atomic mass is 32.2. The summed E-state index contributed by atoms with van der Waals surface area (Å²) < 4.78 is 0. The van der Waals surface area contributed by atoms with Crippen molar-refractivity contribution >= 4 is 11.8 Å². The molecule has 0 aromatic carbocycles. The van der Waals surface area contributed by atoms with E-state index in [1.54, 1.807) is 0 Å². The van der Waals surface area contributed by atoms with Gasteiger partial charge in [-0.3, -0.25) is 0 Å². The molecule has 1 fully saturated rings. The standard InChI is InChI=1S/C18H37NS/c1-7-20-12-8-9-15-13-18(5,6)11-10-16(15)14-19-17(2,3)4/h15-16,19H,7-14H2,1-6H3. The zero-order chi connectivity index (χ0) is 15.2. The van der Waals surface area contributed by atoms with Crippen molar-refractivity contribution in [2.45, 2.75) is 79.2 Å². The molecular weight excluding hydrogens is 262 g/mol. The van der Waals surface area contributed by atoms with Gasteiger partial charge in [-0.25, -0.2) is 0 Å². The van der Waals surface area contributed by atoms with Crippen molar-refractivity contribution in [3.05, 3.63) is 0 Å². The van der Waals surface area contributed by atoms with E-state index in [-0.39, 0.29) is 5.54 Å². The van der Waals surface area contributed by atoms with Crippen molar-refractivity contribution in [1.82, 2.24) is 5.32 Å². The second kappa shape index (κ2) is 8.08. The van der Waals surface area contributed by atoms with Gasteiger partial charge in [-0.05, 0) is 88.2 Å². The van der Waals surface area contributed by atoms with Gasteiger partial charge < -0.3 is 5.32 Å². The topological polar surface area (TPSA) is 12.0 Å². The van der Waals surface area contributed by atoms with Crippen LogP contribution in [0.3, 0.4) is 0 Å². The number of nitrogens with one attached hydrogen (secondary N) is 1. The molecule has 1 aliphatic carbocycles. The summed E-state index contributed by atoms with van der Waals surface area (Å²) in [6, 6.07) is 0. The largest absolute Gasteiger partial charge is 0.312 e. The average molecular weight is 300 g/mol. The molecule has 1 aliphatic rings. The smallest absolute Gasteiger partial charge is 0.00966 e. The first-order chi connectivity index (χ1) is 9.23. The molecule has 120 valence electrons. The lowest BCUT2D eigenvalue weighted by molar-refractivity contribution is 0.105. The molecule has 0 radical (unpaired) electrons. The Kier molecular flexibility index (Phi) is 7.41. The van der Waals surface area contributed by atoms with Crippen LogP contribution in [0.4, 0.5) is 0 Å². The van der Waals surface area contributed by atoms with Crippen LogP contribution >= 0.6 is 11.8 Å². The van der Waals surface area contributed by atoms with E-state index in [9.17, 15) is 0 Å². The predicted octanol–water partition coefficient (Wildman–Crippen LogP) is 5.35. The predicted molar refractivity (Wildman–Crippen MR) is 94.6 cm³/mol. The Morgan fingerprint density at radius 3 is 2.50 bits per heavy atom. The third kappa shape index (κ3) is 7.36. The van der Waals surface area contributed by atoms with E-state index in [4.69, 9.17) is 0 Å². The van der Waals surface area contributed by atoms with Crippen LogP contribution in [0, 0.1) is 17.3 Å². The Hall–Kier alpha value is 0.310. The molecule has 0 aromatic rings. The average Bonchev–Trinajstić information content (AvgIpc) is 2.31. The summed E-state index contributed by atoms with van der Waals surface area (Å²) in [7, 11) is 0. The SMILES string of the molecule is CCSCCCC1CC(C)(C)CCC1CNC(C)(C)C. The summed E-state index contributed by atoms with van der Waals surface area (Å²) in [5, 5.41) is 3.75. The second-order valence-electron chi connectivity index (χ2n) is 8.40. The fourth-order valence-corrected chi connectivity index (χ4v) is 4.09. The molecule has 0 saturated heterocycles. The molecule has 1 N–H and O–H groups in total. The molecule has 0 spiro atoms. The molecule has 0 aromatic heterocycles. The fourth-order valence-electron chi connectivity index (χ4n) is 3.43. The molecule has 20 heavy (non-hydrogen) atoms. The summed E-state index contributed by atoms with van der Waals surface area (Å²) in [4.78, 5) is 0. The Morgan fingerprint density at radius 1 is 1.20 bits per heavy atom. The third-order valence-corrected chi connectivity index (χ3v) is 5.62. The number of rotatable bonds is 7. The van der Waals surface area contributed by atoms with Crippen molar-refractivity contribution in [2.24, 2.45) is 17.3 Å². The molecule has 2 atom stereocenters. The highest BCUT2D eigenvalue weighted by Crippen LogP contribution is 2.43. The normalized spacial score (nSPS) is 26.7. The monoisotopic (exact) mass is 299 g/mol. The first kappa shape index (κ1) is 18.4. The van der Waals surface area contributed by atoms with Crippen molar-refractivity contribution in [2.75, 3.05) is 18.1 Å². The van der Waals surface area contributed by atoms with Crippen LogP contribution in [0.25, 0.3) is 0 Å². The van der Waals surface area contributed by atoms with Gasteiger partial charge in [0.25, 0.3) is 0 Å². The lowest BCUT2D eigenvalue weighted by atomic mass is 9.66. The van der Waals surface area contributed by atoms with E-state index in [2.05, 4.69) is 58.6 Å². The summed E-state index contributed by atoms with van der Waals surface area (Å²) in [6.45, 7) is 15.3. The Morgan fingerprint density at radius 2 is 1.90 bits per heavy atom. The molecule has 1 rings (SSSR count). The van der Waals surface area contributed by atoms with Crippen LogP contribution in [-0.4, -0.2) is 23.6 Å². The van der Waals surface area contributed by atoms with Gasteiger partial charge in [0.1, 0.15) is 0 Å². The van der Waals surface area contributed by atoms with E-state index < -0.39 is 0 Å². The zero-order valence-electron chi connectivity index (χ0n) is 14.7. The lowest BCUT2D eigenvalue weighted by Gasteiger charge is -2.42. The van der Waals surface area contributed by atoms with Gasteiger partial charge in [0.2, 0.25) is 0 Å². The van der Waals surface area contributed by atoms with Crippen molar-refractivity contribution in [3.8, 4) is 0 Å². The zero-order valence-corrected chi connectivity index (χ0v) is 15.5. The third-order valence-electron chi connectivity index (χ3n) is 4.64. The van der Waals surface area contributed by atoms with Crippen LogP contribution in [0.5, 0.6) is 0 Å². The van der Waals surface area contributed by atoms with Crippen LogP contribution in [0.1, 0.15) is 73.6 Å². The highest BCUT2D eigenvalue weighted by molar-refractivity contribution is 7.99. The second-order valence-corrected chi connectivity index (χ2v) is 9.79. The maximum Gasteiger partial charge on any atom is 0.00966 e. The van der Waals surface area contributed by atoms with Gasteiger partial charge >= 0.3 is 0 Å². The maximum absolute atomic E-state index is 3.75. The molecule has 0 bridgehead atoms. The summed E-state index contributed by atoms with van der Waals surface area (Å²) >= 11 is 2.10. The lowest BCUT2D eigenvalue weighted by Crippen LogP contribution is -2.43. The molecule has 1 nitrogen and oxygen atoms in total. The van der Waals surface area contributed by atoms with Crippen LogP contribution in [0.2, 0.25) is 0 Å². The van der Waals surface area contributed by atoms with Gasteiger partial charge in [0.05, 0.1) is 0 Å². The van der Waals surface area contributed by atoms with Crippen LogP contribution < -0.4 is 5.32 Å². The molecule has 1 saturated carbocycles. The van der Waals surface area contributed by atoms with Crippen molar-refractivity contribution in [1.29, 1.82) is 0 Å². The summed E-state index contributed by atoms with van der Waals surface area (Å²) in [6.07, 6.45) is 7.10. The van der Waals surface area contributed by atoms with Crippen molar-refractivity contribution < 1.29 is 0 Å². The van der Waals surface area contributed by atoms with E-state index in [1.165, 1.54) is 50.2 Å². The molecular formula is C18H37NS. The van der Waals surface area contributed by atoms with Crippen molar-refractivity contribution in [3.63, 3.8) is 0 Å². The molecule has 2 heteroatoms. The Bertz CT molecular complexity index is 267. The summed E-state index contributed by atoms with van der Waals surface area (Å²) in [5.41, 5.74) is 0.830.